The Hall–Kier alpha value is -3.31. The molecule has 0 unspecified atom stereocenters. The zero-order valence-electron chi connectivity index (χ0n) is 14.2. The summed E-state index contributed by atoms with van der Waals surface area (Å²) < 4.78 is 5.21. The van der Waals surface area contributed by atoms with E-state index in [-0.39, 0.29) is 36.0 Å². The molecular formula is C19H15N3O4S. The number of nitriles is 1. The number of hydrogen-bond acceptors (Lipinski definition) is 6. The van der Waals surface area contributed by atoms with Crippen LogP contribution in [0.5, 0.6) is 5.75 Å². The quantitative estimate of drug-likeness (QED) is 0.826. The molecule has 7 nitrogen and oxygen atoms in total. The molecule has 1 saturated heterocycles. The van der Waals surface area contributed by atoms with Gasteiger partial charge in [-0.3, -0.25) is 19.3 Å². The molecule has 0 atom stereocenters. The van der Waals surface area contributed by atoms with E-state index in [1.807, 2.05) is 6.07 Å². The lowest BCUT2D eigenvalue weighted by molar-refractivity contribution is -0.125. The smallest absolute Gasteiger partial charge is 0.289 e. The van der Waals surface area contributed by atoms with Crippen molar-refractivity contribution in [2.24, 2.45) is 0 Å². The summed E-state index contributed by atoms with van der Waals surface area (Å²) in [5.41, 5.74) is 1.63. The van der Waals surface area contributed by atoms with Gasteiger partial charge in [-0.05, 0) is 29.8 Å². The van der Waals surface area contributed by atoms with Crippen molar-refractivity contribution in [1.29, 1.82) is 5.26 Å². The van der Waals surface area contributed by atoms with E-state index in [0.717, 1.165) is 11.8 Å². The van der Waals surface area contributed by atoms with Gasteiger partial charge >= 0.3 is 0 Å². The van der Waals surface area contributed by atoms with Gasteiger partial charge in [0, 0.05) is 17.3 Å². The maximum Gasteiger partial charge on any atom is 0.289 e. The summed E-state index contributed by atoms with van der Waals surface area (Å²) in [6.45, 7) is 0.0644. The van der Waals surface area contributed by atoms with Crippen LogP contribution in [0.2, 0.25) is 0 Å². The van der Waals surface area contributed by atoms with E-state index in [1.165, 1.54) is 4.90 Å². The maximum absolute atomic E-state index is 12.5. The largest absolute Gasteiger partial charge is 0.479 e. The van der Waals surface area contributed by atoms with Crippen LogP contribution < -0.4 is 10.1 Å². The van der Waals surface area contributed by atoms with Crippen LogP contribution in [0.25, 0.3) is 0 Å². The molecule has 136 valence electrons. The maximum atomic E-state index is 12.5. The summed E-state index contributed by atoms with van der Waals surface area (Å²) in [5, 5.41) is 11.0. The summed E-state index contributed by atoms with van der Waals surface area (Å²) in [4.78, 5) is 37.1. The minimum Gasteiger partial charge on any atom is -0.479 e. The van der Waals surface area contributed by atoms with Crippen molar-refractivity contribution in [2.45, 2.75) is 6.54 Å². The molecule has 0 aromatic heterocycles. The third-order valence-corrected chi connectivity index (χ3v) is 4.62. The van der Waals surface area contributed by atoms with E-state index in [0.29, 0.717) is 22.6 Å². The second kappa shape index (κ2) is 8.38. The second-order valence-corrected chi connectivity index (χ2v) is 6.59. The first kappa shape index (κ1) is 18.5. The molecule has 27 heavy (non-hydrogen) atoms. The lowest BCUT2D eigenvalue weighted by Crippen LogP contribution is -2.28. The molecule has 2 aromatic carbocycles. The van der Waals surface area contributed by atoms with Gasteiger partial charge in [0.15, 0.2) is 6.61 Å². The van der Waals surface area contributed by atoms with Crippen molar-refractivity contribution in [3.05, 3.63) is 59.7 Å². The van der Waals surface area contributed by atoms with Crippen molar-refractivity contribution in [2.75, 3.05) is 17.7 Å². The number of thioether (sulfide) groups is 1. The summed E-state index contributed by atoms with van der Waals surface area (Å²) in [6, 6.07) is 15.4. The first-order valence-electron chi connectivity index (χ1n) is 8.04. The highest BCUT2D eigenvalue weighted by Crippen LogP contribution is 2.22. The summed E-state index contributed by atoms with van der Waals surface area (Å²) >= 11 is 0.978. The number of nitrogens with one attached hydrogen (secondary N) is 1. The lowest BCUT2D eigenvalue weighted by atomic mass is 10.1. The zero-order chi connectivity index (χ0) is 19.2. The first-order chi connectivity index (χ1) is 13.1. The SMILES string of the molecule is N#CCOc1cccc(NC(=O)c2cccc(CN3C(=O)CSC3=O)c2)c1. The van der Waals surface area contributed by atoms with Gasteiger partial charge in [0.2, 0.25) is 5.91 Å². The molecule has 0 saturated carbocycles. The fourth-order valence-corrected chi connectivity index (χ4v) is 3.23. The van der Waals surface area contributed by atoms with Gasteiger partial charge < -0.3 is 10.1 Å². The standard InChI is InChI=1S/C19H15N3O4S/c20-7-8-26-16-6-2-5-15(10-16)21-18(24)14-4-1-3-13(9-14)11-22-17(23)12-27-19(22)25/h1-6,9-10H,8,11-12H2,(H,21,24). The number of hydrogen-bond donors (Lipinski definition) is 1. The molecule has 1 heterocycles. The molecule has 3 rings (SSSR count). The van der Waals surface area contributed by atoms with E-state index in [2.05, 4.69) is 5.32 Å². The van der Waals surface area contributed by atoms with Crippen LogP contribution in [0.3, 0.4) is 0 Å². The van der Waals surface area contributed by atoms with Crippen LogP contribution in [0, 0.1) is 11.3 Å². The minimum atomic E-state index is -0.331. The summed E-state index contributed by atoms with van der Waals surface area (Å²) in [7, 11) is 0. The van der Waals surface area contributed by atoms with E-state index < -0.39 is 0 Å². The monoisotopic (exact) mass is 381 g/mol. The number of nitrogens with zero attached hydrogens (tertiary/aromatic N) is 2. The molecule has 1 aliphatic heterocycles. The van der Waals surface area contributed by atoms with Crippen LogP contribution in [0.15, 0.2) is 48.5 Å². The number of ether oxygens (including phenoxy) is 1. The van der Waals surface area contributed by atoms with Crippen LogP contribution in [0.1, 0.15) is 15.9 Å². The number of anilines is 1. The molecule has 8 heteroatoms. The van der Waals surface area contributed by atoms with Crippen molar-refractivity contribution >= 4 is 34.5 Å². The fraction of sp³-hybridized carbons (Fsp3) is 0.158. The summed E-state index contributed by atoms with van der Waals surface area (Å²) in [6.07, 6.45) is 0. The molecule has 1 aliphatic rings. The Morgan fingerprint density at radius 1 is 1.22 bits per heavy atom. The molecule has 0 spiro atoms. The third kappa shape index (κ3) is 4.65. The predicted molar refractivity (Wildman–Crippen MR) is 100 cm³/mol. The molecule has 1 N–H and O–H groups in total. The van der Waals surface area contributed by atoms with Crippen LogP contribution in [0.4, 0.5) is 10.5 Å². The average molecular weight is 381 g/mol. The molecule has 2 aromatic rings. The number of imide groups is 1. The van der Waals surface area contributed by atoms with E-state index >= 15 is 0 Å². The Balaban J connectivity index is 1.69. The minimum absolute atomic E-state index is 0.0777. The van der Waals surface area contributed by atoms with Gasteiger partial charge in [-0.15, -0.1) is 0 Å². The van der Waals surface area contributed by atoms with Gasteiger partial charge in [0.1, 0.15) is 11.8 Å². The Kier molecular flexibility index (Phi) is 5.74. The number of carbonyl (C=O) groups is 3. The molecule has 0 bridgehead atoms. The van der Waals surface area contributed by atoms with Gasteiger partial charge in [0.05, 0.1) is 12.3 Å². The van der Waals surface area contributed by atoms with Gasteiger partial charge in [-0.2, -0.15) is 5.26 Å². The first-order valence-corrected chi connectivity index (χ1v) is 9.02. The zero-order valence-corrected chi connectivity index (χ0v) is 15.0. The summed E-state index contributed by atoms with van der Waals surface area (Å²) in [5.74, 6) is 0.0758. The van der Waals surface area contributed by atoms with Gasteiger partial charge in [-0.25, -0.2) is 0 Å². The highest BCUT2D eigenvalue weighted by atomic mass is 32.2. The van der Waals surface area contributed by atoms with Crippen LogP contribution >= 0.6 is 11.8 Å². The Labute approximate surface area is 159 Å². The average Bonchev–Trinajstić information content (AvgIpc) is 2.99. The normalized spacial score (nSPS) is 13.4. The van der Waals surface area contributed by atoms with Crippen molar-refractivity contribution in [1.82, 2.24) is 4.90 Å². The molecule has 0 radical (unpaired) electrons. The van der Waals surface area contributed by atoms with E-state index in [9.17, 15) is 14.4 Å². The fourth-order valence-electron chi connectivity index (χ4n) is 2.51. The third-order valence-electron chi connectivity index (χ3n) is 3.77. The molecule has 3 amide bonds. The number of rotatable bonds is 6. The highest BCUT2D eigenvalue weighted by Gasteiger charge is 2.29. The second-order valence-electron chi connectivity index (χ2n) is 5.66. The van der Waals surface area contributed by atoms with Crippen molar-refractivity contribution < 1.29 is 19.1 Å². The molecule has 0 aliphatic carbocycles. The van der Waals surface area contributed by atoms with Crippen molar-refractivity contribution in [3.8, 4) is 11.8 Å². The molecule has 1 fully saturated rings. The lowest BCUT2D eigenvalue weighted by Gasteiger charge is -2.13. The van der Waals surface area contributed by atoms with E-state index in [1.54, 1.807) is 48.5 Å². The topological polar surface area (TPSA) is 99.5 Å². The number of benzene rings is 2. The number of carbonyl (C=O) groups excluding carboxylic acids is 3. The van der Waals surface area contributed by atoms with Crippen LogP contribution in [-0.2, 0) is 11.3 Å². The van der Waals surface area contributed by atoms with Crippen molar-refractivity contribution in [3.63, 3.8) is 0 Å². The predicted octanol–water partition coefficient (Wildman–Crippen LogP) is 3.04. The highest BCUT2D eigenvalue weighted by molar-refractivity contribution is 8.14. The van der Waals surface area contributed by atoms with Crippen LogP contribution in [-0.4, -0.2) is 34.3 Å². The van der Waals surface area contributed by atoms with Gasteiger partial charge in [0.25, 0.3) is 11.1 Å². The van der Waals surface area contributed by atoms with Gasteiger partial charge in [-0.1, -0.05) is 30.0 Å². The Morgan fingerprint density at radius 2 is 2.04 bits per heavy atom. The number of amides is 3. The Bertz CT molecular complexity index is 923. The molecular weight excluding hydrogens is 366 g/mol. The Morgan fingerprint density at radius 3 is 2.78 bits per heavy atom. The van der Waals surface area contributed by atoms with E-state index in [4.69, 9.17) is 10.00 Å².